The Balaban J connectivity index is 1.71. The number of hydrogen-bond acceptors (Lipinski definition) is 2. The molecule has 1 heterocycles. The first kappa shape index (κ1) is 15.8. The van der Waals surface area contributed by atoms with Gasteiger partial charge in [0.1, 0.15) is 0 Å². The van der Waals surface area contributed by atoms with Gasteiger partial charge in [-0.3, -0.25) is 0 Å². The van der Waals surface area contributed by atoms with E-state index in [0.717, 1.165) is 10.8 Å². The number of aromatic nitrogens is 1. The summed E-state index contributed by atoms with van der Waals surface area (Å²) in [5.74, 6) is 1.50. The van der Waals surface area contributed by atoms with E-state index in [2.05, 4.69) is 79.5 Å². The maximum Gasteiger partial charge on any atom is 0.0963 e. The highest BCUT2D eigenvalue weighted by molar-refractivity contribution is 7.98. The molecule has 116 valence electrons. The Morgan fingerprint density at radius 3 is 2.39 bits per heavy atom. The predicted molar refractivity (Wildman–Crippen MR) is 99.8 cm³/mol. The molecule has 0 N–H and O–H groups in total. The van der Waals surface area contributed by atoms with Gasteiger partial charge >= 0.3 is 0 Å². The SMILES string of the molecule is CC(C)c1cccc(-c2ccc(SCc3ccccc3)nc2)c1. The molecule has 0 unspecified atom stereocenters. The Kier molecular flexibility index (Phi) is 5.14. The minimum atomic E-state index is 0.545. The Hall–Kier alpha value is -2.06. The highest BCUT2D eigenvalue weighted by atomic mass is 32.2. The molecule has 0 bridgehead atoms. The van der Waals surface area contributed by atoms with Gasteiger partial charge in [-0.2, -0.15) is 0 Å². The van der Waals surface area contributed by atoms with E-state index in [1.165, 1.54) is 22.3 Å². The maximum atomic E-state index is 4.61. The van der Waals surface area contributed by atoms with Crippen LogP contribution < -0.4 is 0 Å². The predicted octanol–water partition coefficient (Wildman–Crippen LogP) is 6.16. The molecule has 0 radical (unpaired) electrons. The van der Waals surface area contributed by atoms with Crippen molar-refractivity contribution in [2.45, 2.75) is 30.5 Å². The van der Waals surface area contributed by atoms with Gasteiger partial charge in [0.2, 0.25) is 0 Å². The molecule has 1 nitrogen and oxygen atoms in total. The number of nitrogens with zero attached hydrogens (tertiary/aromatic N) is 1. The minimum absolute atomic E-state index is 0.545. The van der Waals surface area contributed by atoms with E-state index in [1.807, 2.05) is 12.3 Å². The Bertz CT molecular complexity index is 748. The van der Waals surface area contributed by atoms with E-state index >= 15 is 0 Å². The molecule has 3 rings (SSSR count). The van der Waals surface area contributed by atoms with Crippen LogP contribution in [0.5, 0.6) is 0 Å². The van der Waals surface area contributed by atoms with Gasteiger partial charge in [0.25, 0.3) is 0 Å². The summed E-state index contributed by atoms with van der Waals surface area (Å²) in [7, 11) is 0. The molecule has 2 aromatic carbocycles. The molecule has 1 aromatic heterocycles. The summed E-state index contributed by atoms with van der Waals surface area (Å²) < 4.78 is 0. The molecule has 0 amide bonds. The molecular weight excluding hydrogens is 298 g/mol. The average Bonchev–Trinajstić information content (AvgIpc) is 2.61. The van der Waals surface area contributed by atoms with Crippen LogP contribution in [0.3, 0.4) is 0 Å². The topological polar surface area (TPSA) is 12.9 Å². The van der Waals surface area contributed by atoms with Gasteiger partial charge in [-0.15, -0.1) is 11.8 Å². The monoisotopic (exact) mass is 319 g/mol. The fraction of sp³-hybridized carbons (Fsp3) is 0.190. The standard InChI is InChI=1S/C21H21NS/c1-16(2)18-9-6-10-19(13-18)20-11-12-21(22-14-20)23-15-17-7-4-3-5-8-17/h3-14,16H,15H2,1-2H3. The third kappa shape index (κ3) is 4.23. The second kappa shape index (κ2) is 7.47. The largest absolute Gasteiger partial charge is 0.249 e. The van der Waals surface area contributed by atoms with Crippen molar-refractivity contribution in [1.82, 2.24) is 4.98 Å². The second-order valence-electron chi connectivity index (χ2n) is 5.94. The number of thioether (sulfide) groups is 1. The lowest BCUT2D eigenvalue weighted by molar-refractivity contribution is 0.867. The van der Waals surface area contributed by atoms with Crippen molar-refractivity contribution >= 4 is 11.8 Å². The number of rotatable bonds is 5. The molecule has 0 spiro atoms. The fourth-order valence-corrected chi connectivity index (χ4v) is 3.24. The lowest BCUT2D eigenvalue weighted by Crippen LogP contribution is -1.89. The van der Waals surface area contributed by atoms with Gasteiger partial charge in [-0.05, 0) is 28.7 Å². The molecule has 23 heavy (non-hydrogen) atoms. The van der Waals surface area contributed by atoms with E-state index in [-0.39, 0.29) is 0 Å². The Labute approximate surface area is 142 Å². The first-order valence-corrected chi connectivity index (χ1v) is 8.94. The van der Waals surface area contributed by atoms with Gasteiger partial charge in [0.15, 0.2) is 0 Å². The van der Waals surface area contributed by atoms with E-state index in [1.54, 1.807) is 11.8 Å². The van der Waals surface area contributed by atoms with Crippen molar-refractivity contribution in [2.24, 2.45) is 0 Å². The molecule has 0 aliphatic rings. The molecule has 0 fully saturated rings. The van der Waals surface area contributed by atoms with Crippen LogP contribution in [0, 0.1) is 0 Å². The van der Waals surface area contributed by atoms with E-state index in [4.69, 9.17) is 0 Å². The van der Waals surface area contributed by atoms with Crippen LogP contribution in [0.25, 0.3) is 11.1 Å². The minimum Gasteiger partial charge on any atom is -0.249 e. The van der Waals surface area contributed by atoms with Crippen LogP contribution in [-0.2, 0) is 5.75 Å². The second-order valence-corrected chi connectivity index (χ2v) is 6.94. The smallest absolute Gasteiger partial charge is 0.0963 e. The molecule has 0 saturated heterocycles. The van der Waals surface area contributed by atoms with Crippen LogP contribution in [0.2, 0.25) is 0 Å². The normalized spacial score (nSPS) is 10.9. The third-order valence-electron chi connectivity index (χ3n) is 3.85. The summed E-state index contributed by atoms with van der Waals surface area (Å²) in [4.78, 5) is 4.61. The van der Waals surface area contributed by atoms with Gasteiger partial charge in [-0.25, -0.2) is 4.98 Å². The molecule has 0 saturated carbocycles. The lowest BCUT2D eigenvalue weighted by Gasteiger charge is -2.08. The number of hydrogen-bond donors (Lipinski definition) is 0. The molecule has 2 heteroatoms. The first-order valence-electron chi connectivity index (χ1n) is 7.95. The van der Waals surface area contributed by atoms with Gasteiger partial charge in [0.05, 0.1) is 5.03 Å². The molecule has 0 atom stereocenters. The fourth-order valence-electron chi connectivity index (χ4n) is 2.45. The van der Waals surface area contributed by atoms with Crippen LogP contribution in [0.15, 0.2) is 78.0 Å². The van der Waals surface area contributed by atoms with Crippen molar-refractivity contribution in [3.05, 3.63) is 84.1 Å². The van der Waals surface area contributed by atoms with Crippen LogP contribution in [-0.4, -0.2) is 4.98 Å². The van der Waals surface area contributed by atoms with Crippen molar-refractivity contribution in [1.29, 1.82) is 0 Å². The summed E-state index contributed by atoms with van der Waals surface area (Å²) in [6, 6.07) is 23.5. The highest BCUT2D eigenvalue weighted by Gasteiger charge is 2.04. The average molecular weight is 319 g/mol. The maximum absolute atomic E-state index is 4.61. The molecule has 3 aromatic rings. The molecule has 0 aliphatic heterocycles. The summed E-state index contributed by atoms with van der Waals surface area (Å²) in [5, 5.41) is 1.07. The van der Waals surface area contributed by atoms with E-state index in [0.29, 0.717) is 5.92 Å². The van der Waals surface area contributed by atoms with Crippen LogP contribution in [0.1, 0.15) is 30.9 Å². The van der Waals surface area contributed by atoms with Crippen molar-refractivity contribution in [3.63, 3.8) is 0 Å². The van der Waals surface area contributed by atoms with Crippen LogP contribution >= 0.6 is 11.8 Å². The van der Waals surface area contributed by atoms with Crippen molar-refractivity contribution in [3.8, 4) is 11.1 Å². The van der Waals surface area contributed by atoms with E-state index in [9.17, 15) is 0 Å². The van der Waals surface area contributed by atoms with Crippen molar-refractivity contribution in [2.75, 3.05) is 0 Å². The zero-order valence-corrected chi connectivity index (χ0v) is 14.4. The van der Waals surface area contributed by atoms with Gasteiger partial charge in [-0.1, -0.05) is 74.5 Å². The Morgan fingerprint density at radius 2 is 1.70 bits per heavy atom. The third-order valence-corrected chi connectivity index (χ3v) is 4.87. The van der Waals surface area contributed by atoms with Crippen LogP contribution in [0.4, 0.5) is 0 Å². The quantitative estimate of drug-likeness (QED) is 0.522. The summed E-state index contributed by atoms with van der Waals surface area (Å²) in [5.41, 5.74) is 5.11. The number of benzene rings is 2. The van der Waals surface area contributed by atoms with Gasteiger partial charge in [0, 0.05) is 17.5 Å². The summed E-state index contributed by atoms with van der Waals surface area (Å²) in [6.45, 7) is 4.45. The zero-order valence-electron chi connectivity index (χ0n) is 13.6. The van der Waals surface area contributed by atoms with E-state index < -0.39 is 0 Å². The highest BCUT2D eigenvalue weighted by Crippen LogP contribution is 2.26. The zero-order chi connectivity index (χ0) is 16.1. The Morgan fingerprint density at radius 1 is 0.870 bits per heavy atom. The number of pyridine rings is 1. The van der Waals surface area contributed by atoms with Gasteiger partial charge < -0.3 is 0 Å². The lowest BCUT2D eigenvalue weighted by atomic mass is 9.98. The first-order chi connectivity index (χ1) is 11.2. The summed E-state index contributed by atoms with van der Waals surface area (Å²) >= 11 is 1.77. The molecule has 0 aliphatic carbocycles. The molecular formula is C21H21NS. The van der Waals surface area contributed by atoms with Crippen molar-refractivity contribution < 1.29 is 0 Å². The summed E-state index contributed by atoms with van der Waals surface area (Å²) in [6.07, 6.45) is 1.98.